The van der Waals surface area contributed by atoms with Crippen molar-refractivity contribution in [1.29, 1.82) is 0 Å². The fraction of sp³-hybridized carbons (Fsp3) is 0.238. The number of amides is 3. The summed E-state index contributed by atoms with van der Waals surface area (Å²) in [5.41, 5.74) is 1.11. The highest BCUT2D eigenvalue weighted by atomic mass is 35.5. The molecule has 2 aromatic rings. The molecule has 0 saturated carbocycles. The Balaban J connectivity index is 1.57. The highest BCUT2D eigenvalue weighted by molar-refractivity contribution is 6.35. The summed E-state index contributed by atoms with van der Waals surface area (Å²) in [6, 6.07) is 9.58. The minimum absolute atomic E-state index is 0.230. The second-order valence-electron chi connectivity index (χ2n) is 6.76. The van der Waals surface area contributed by atoms with Crippen molar-refractivity contribution in [2.24, 2.45) is 0 Å². The molecule has 7 nitrogen and oxygen atoms in total. The second kappa shape index (κ2) is 8.85. The Morgan fingerprint density at radius 3 is 2.20 bits per heavy atom. The third-order valence-electron chi connectivity index (χ3n) is 4.71. The summed E-state index contributed by atoms with van der Waals surface area (Å²) >= 11 is 12.0. The zero-order chi connectivity index (χ0) is 22.0. The van der Waals surface area contributed by atoms with Gasteiger partial charge in [-0.25, -0.2) is 4.79 Å². The number of hydrogen-bond acceptors (Lipinski definition) is 5. The van der Waals surface area contributed by atoms with Gasteiger partial charge >= 0.3 is 5.97 Å². The van der Waals surface area contributed by atoms with Gasteiger partial charge in [0.05, 0.1) is 17.2 Å². The Bertz CT molecular complexity index is 1000. The van der Waals surface area contributed by atoms with Crippen LogP contribution in [0, 0.1) is 0 Å². The van der Waals surface area contributed by atoms with E-state index in [0.717, 1.165) is 4.90 Å². The molecule has 0 saturated heterocycles. The molecule has 9 heteroatoms. The molecule has 3 rings (SSSR count). The maximum Gasteiger partial charge on any atom is 0.329 e. The average Bonchev–Trinajstić information content (AvgIpc) is 2.96. The summed E-state index contributed by atoms with van der Waals surface area (Å²) in [6.07, 6.45) is 0. The zero-order valence-corrected chi connectivity index (χ0v) is 17.7. The molecule has 2 aromatic carbocycles. The van der Waals surface area contributed by atoms with Crippen molar-refractivity contribution in [3.8, 4) is 0 Å². The number of halogens is 2. The molecule has 1 aliphatic rings. The predicted molar refractivity (Wildman–Crippen MR) is 110 cm³/mol. The summed E-state index contributed by atoms with van der Waals surface area (Å²) in [4.78, 5) is 50.2. The first-order valence-electron chi connectivity index (χ1n) is 9.08. The summed E-state index contributed by atoms with van der Waals surface area (Å²) in [6.45, 7) is 2.52. The van der Waals surface area contributed by atoms with E-state index in [1.807, 2.05) is 0 Å². The minimum atomic E-state index is -1.17. The predicted octanol–water partition coefficient (Wildman–Crippen LogP) is 3.40. The molecule has 0 radical (unpaired) electrons. The monoisotopic (exact) mass is 448 g/mol. The van der Waals surface area contributed by atoms with Crippen molar-refractivity contribution in [1.82, 2.24) is 10.2 Å². The van der Waals surface area contributed by atoms with E-state index in [-0.39, 0.29) is 11.1 Å². The van der Waals surface area contributed by atoms with Crippen molar-refractivity contribution in [2.75, 3.05) is 6.61 Å². The van der Waals surface area contributed by atoms with E-state index >= 15 is 0 Å². The van der Waals surface area contributed by atoms with Gasteiger partial charge in [-0.3, -0.25) is 19.3 Å². The minimum Gasteiger partial charge on any atom is -0.454 e. The quantitative estimate of drug-likeness (QED) is 0.539. The number of carbonyl (C=O) groups excluding carboxylic acids is 4. The molecular weight excluding hydrogens is 431 g/mol. The lowest BCUT2D eigenvalue weighted by Gasteiger charge is -2.21. The Morgan fingerprint density at radius 1 is 1.03 bits per heavy atom. The highest BCUT2D eigenvalue weighted by Crippen LogP contribution is 2.26. The van der Waals surface area contributed by atoms with Gasteiger partial charge in [0.2, 0.25) is 0 Å². The molecule has 0 spiro atoms. The molecule has 156 valence electrons. The SMILES string of the molecule is CC(NC(=O)COC(=O)C(C)N1C(=O)c2ccccc2C1=O)c1ccc(Cl)cc1Cl. The number of nitrogens with one attached hydrogen (secondary N) is 1. The number of rotatable bonds is 6. The number of esters is 1. The largest absolute Gasteiger partial charge is 0.454 e. The van der Waals surface area contributed by atoms with E-state index < -0.39 is 42.4 Å². The van der Waals surface area contributed by atoms with Crippen LogP contribution in [0.15, 0.2) is 42.5 Å². The number of imide groups is 1. The highest BCUT2D eigenvalue weighted by Gasteiger charge is 2.41. The maximum absolute atomic E-state index is 12.4. The molecule has 1 heterocycles. The van der Waals surface area contributed by atoms with Crippen LogP contribution in [-0.2, 0) is 14.3 Å². The Labute approximate surface area is 182 Å². The van der Waals surface area contributed by atoms with Crippen LogP contribution in [0.4, 0.5) is 0 Å². The summed E-state index contributed by atoms with van der Waals surface area (Å²) < 4.78 is 5.01. The van der Waals surface area contributed by atoms with Crippen LogP contribution in [0.5, 0.6) is 0 Å². The standard InChI is InChI=1S/C21H18Cl2N2O5/c1-11(14-8-7-13(22)9-17(14)23)24-18(26)10-30-21(29)12(2)25-19(27)15-5-3-4-6-16(15)20(25)28/h3-9,11-12H,10H2,1-2H3,(H,24,26). The van der Waals surface area contributed by atoms with Gasteiger partial charge in [0.25, 0.3) is 17.7 Å². The number of fused-ring (bicyclic) bond motifs is 1. The van der Waals surface area contributed by atoms with Crippen LogP contribution >= 0.6 is 23.2 Å². The van der Waals surface area contributed by atoms with Gasteiger partial charge in [-0.1, -0.05) is 41.4 Å². The molecule has 0 aliphatic carbocycles. The molecule has 0 aromatic heterocycles. The Morgan fingerprint density at radius 2 is 1.63 bits per heavy atom. The van der Waals surface area contributed by atoms with Gasteiger partial charge in [0.15, 0.2) is 6.61 Å². The van der Waals surface area contributed by atoms with Crippen molar-refractivity contribution < 1.29 is 23.9 Å². The van der Waals surface area contributed by atoms with Gasteiger partial charge < -0.3 is 10.1 Å². The lowest BCUT2D eigenvalue weighted by Crippen LogP contribution is -2.44. The first-order valence-corrected chi connectivity index (χ1v) is 9.84. The summed E-state index contributed by atoms with van der Waals surface area (Å²) in [5, 5.41) is 3.53. The molecular formula is C21H18Cl2N2O5. The second-order valence-corrected chi connectivity index (χ2v) is 7.61. The zero-order valence-electron chi connectivity index (χ0n) is 16.1. The lowest BCUT2D eigenvalue weighted by atomic mass is 10.1. The van der Waals surface area contributed by atoms with Gasteiger partial charge in [0.1, 0.15) is 6.04 Å². The molecule has 30 heavy (non-hydrogen) atoms. The van der Waals surface area contributed by atoms with Crippen LogP contribution in [0.25, 0.3) is 0 Å². The van der Waals surface area contributed by atoms with Crippen LogP contribution in [0.3, 0.4) is 0 Å². The van der Waals surface area contributed by atoms with Gasteiger partial charge in [-0.2, -0.15) is 0 Å². The van der Waals surface area contributed by atoms with E-state index in [1.165, 1.54) is 19.1 Å². The van der Waals surface area contributed by atoms with Crippen LogP contribution in [-0.4, -0.2) is 41.2 Å². The number of hydrogen-bond donors (Lipinski definition) is 1. The number of carbonyl (C=O) groups is 4. The van der Waals surface area contributed by atoms with Crippen LogP contribution in [0.2, 0.25) is 10.0 Å². The Hall–Kier alpha value is -2.90. The first kappa shape index (κ1) is 21.8. The van der Waals surface area contributed by atoms with Crippen molar-refractivity contribution in [3.05, 3.63) is 69.2 Å². The topological polar surface area (TPSA) is 92.8 Å². The molecule has 0 fully saturated rings. The molecule has 0 bridgehead atoms. The third-order valence-corrected chi connectivity index (χ3v) is 5.27. The molecule has 1 N–H and O–H groups in total. The molecule has 3 amide bonds. The van der Waals surface area contributed by atoms with Gasteiger partial charge in [-0.15, -0.1) is 0 Å². The molecule has 2 unspecified atom stereocenters. The van der Waals surface area contributed by atoms with Gasteiger partial charge in [-0.05, 0) is 43.7 Å². The van der Waals surface area contributed by atoms with E-state index in [2.05, 4.69) is 5.32 Å². The first-order chi connectivity index (χ1) is 14.2. The molecule has 1 aliphatic heterocycles. The average molecular weight is 449 g/mol. The van der Waals surface area contributed by atoms with Crippen LogP contribution < -0.4 is 5.32 Å². The maximum atomic E-state index is 12.4. The fourth-order valence-electron chi connectivity index (χ4n) is 3.14. The fourth-order valence-corrected chi connectivity index (χ4v) is 3.71. The van der Waals surface area contributed by atoms with Crippen LogP contribution in [0.1, 0.15) is 46.2 Å². The summed E-state index contributed by atoms with van der Waals surface area (Å²) in [7, 11) is 0. The van der Waals surface area contributed by atoms with E-state index in [0.29, 0.717) is 15.6 Å². The Kier molecular flexibility index (Phi) is 6.43. The summed E-state index contributed by atoms with van der Waals surface area (Å²) in [5.74, 6) is -2.57. The van der Waals surface area contributed by atoms with E-state index in [4.69, 9.17) is 27.9 Å². The normalized spacial score (nSPS) is 14.9. The van der Waals surface area contributed by atoms with Gasteiger partial charge in [0, 0.05) is 10.0 Å². The molecule has 2 atom stereocenters. The van der Waals surface area contributed by atoms with E-state index in [1.54, 1.807) is 37.3 Å². The van der Waals surface area contributed by atoms with E-state index in [9.17, 15) is 19.2 Å². The number of benzene rings is 2. The van der Waals surface area contributed by atoms with Crippen molar-refractivity contribution >= 4 is 46.9 Å². The smallest absolute Gasteiger partial charge is 0.329 e. The van der Waals surface area contributed by atoms with Crippen molar-refractivity contribution in [2.45, 2.75) is 25.9 Å². The van der Waals surface area contributed by atoms with Crippen molar-refractivity contribution in [3.63, 3.8) is 0 Å². The number of ether oxygens (including phenoxy) is 1. The number of nitrogens with zero attached hydrogens (tertiary/aromatic N) is 1. The third kappa shape index (κ3) is 4.32. The lowest BCUT2D eigenvalue weighted by molar-refractivity contribution is -0.152.